The van der Waals surface area contributed by atoms with Gasteiger partial charge in [-0.3, -0.25) is 0 Å². The first-order valence-electron chi connectivity index (χ1n) is 7.80. The molecule has 4 aromatic rings. The third-order valence-corrected chi connectivity index (χ3v) is 3.87. The molecule has 0 aliphatic rings. The molecule has 2 heterocycles. The van der Waals surface area contributed by atoms with Crippen molar-refractivity contribution in [2.75, 3.05) is 0 Å². The second-order valence-corrected chi connectivity index (χ2v) is 5.54. The molecule has 0 N–H and O–H groups in total. The van der Waals surface area contributed by atoms with Crippen LogP contribution in [0.25, 0.3) is 33.9 Å². The zero-order valence-corrected chi connectivity index (χ0v) is 13.1. The largest absolute Gasteiger partial charge is 0.334 e. The average Bonchev–Trinajstić information content (AvgIpc) is 3.23. The maximum absolute atomic E-state index is 13.8. The van der Waals surface area contributed by atoms with Crippen molar-refractivity contribution in [3.05, 3.63) is 54.6 Å². The van der Waals surface area contributed by atoms with Crippen LogP contribution < -0.4 is 0 Å². The number of aryl methyl sites for hydroxylation is 1. The van der Waals surface area contributed by atoms with E-state index < -0.39 is 0 Å². The molecule has 120 valence electrons. The summed E-state index contributed by atoms with van der Waals surface area (Å²) in [6.45, 7) is 3.05. The van der Waals surface area contributed by atoms with E-state index in [-0.39, 0.29) is 11.7 Å². The molecule has 0 fully saturated rings. The number of hydrogen-bond donors (Lipinski definition) is 0. The first-order valence-corrected chi connectivity index (χ1v) is 7.80. The molecule has 0 saturated heterocycles. The van der Waals surface area contributed by atoms with E-state index in [1.807, 2.05) is 24.5 Å². The zero-order chi connectivity index (χ0) is 16.5. The van der Waals surface area contributed by atoms with Crippen LogP contribution in [0.5, 0.6) is 0 Å². The van der Waals surface area contributed by atoms with E-state index in [1.165, 1.54) is 6.07 Å². The Bertz CT molecular complexity index is 1010. The molecule has 24 heavy (non-hydrogen) atoms. The molecule has 0 aliphatic carbocycles. The summed E-state index contributed by atoms with van der Waals surface area (Å²) in [7, 11) is 0. The Kier molecular flexibility index (Phi) is 3.57. The Balaban J connectivity index is 1.72. The normalized spacial score (nSPS) is 11.2. The number of aromatic nitrogens is 4. The monoisotopic (exact) mass is 322 g/mol. The van der Waals surface area contributed by atoms with E-state index in [0.29, 0.717) is 11.4 Å². The molecule has 0 radical (unpaired) electrons. The number of imidazole rings is 1. The van der Waals surface area contributed by atoms with Crippen molar-refractivity contribution in [3.8, 4) is 22.8 Å². The lowest BCUT2D eigenvalue weighted by Crippen LogP contribution is -1.93. The summed E-state index contributed by atoms with van der Waals surface area (Å²) in [6, 6.07) is 12.2. The second-order valence-electron chi connectivity index (χ2n) is 5.54. The van der Waals surface area contributed by atoms with Crippen molar-refractivity contribution in [3.63, 3.8) is 0 Å². The van der Waals surface area contributed by atoms with E-state index in [9.17, 15) is 4.39 Å². The van der Waals surface area contributed by atoms with E-state index in [0.717, 1.165) is 29.6 Å². The van der Waals surface area contributed by atoms with Crippen LogP contribution in [0.1, 0.15) is 13.3 Å². The van der Waals surface area contributed by atoms with Gasteiger partial charge in [0.05, 0.1) is 22.9 Å². The lowest BCUT2D eigenvalue weighted by atomic mass is 10.2. The van der Waals surface area contributed by atoms with Crippen LogP contribution in [0.4, 0.5) is 4.39 Å². The van der Waals surface area contributed by atoms with Gasteiger partial charge in [-0.2, -0.15) is 4.98 Å². The molecule has 5 nitrogen and oxygen atoms in total. The Morgan fingerprint density at radius 3 is 2.88 bits per heavy atom. The van der Waals surface area contributed by atoms with Crippen LogP contribution in [0.3, 0.4) is 0 Å². The minimum Gasteiger partial charge on any atom is -0.334 e. The fourth-order valence-corrected chi connectivity index (χ4v) is 2.71. The van der Waals surface area contributed by atoms with Gasteiger partial charge in [-0.05, 0) is 36.8 Å². The number of halogens is 1. The van der Waals surface area contributed by atoms with E-state index in [4.69, 9.17) is 4.52 Å². The number of hydrogen-bond acceptors (Lipinski definition) is 4. The van der Waals surface area contributed by atoms with Crippen molar-refractivity contribution >= 4 is 11.0 Å². The predicted octanol–water partition coefficient (Wildman–Crippen LogP) is 4.30. The van der Waals surface area contributed by atoms with Gasteiger partial charge in [-0.1, -0.05) is 24.2 Å². The molecular formula is C18H15FN4O. The summed E-state index contributed by atoms with van der Waals surface area (Å²) in [5.41, 5.74) is 3.02. The molecule has 2 aromatic heterocycles. The summed E-state index contributed by atoms with van der Waals surface area (Å²) in [6.07, 6.45) is 2.88. The van der Waals surface area contributed by atoms with Gasteiger partial charge in [0.2, 0.25) is 5.82 Å². The first-order chi connectivity index (χ1) is 11.8. The van der Waals surface area contributed by atoms with Crippen molar-refractivity contribution in [1.29, 1.82) is 0 Å². The van der Waals surface area contributed by atoms with Gasteiger partial charge in [0.1, 0.15) is 5.82 Å². The summed E-state index contributed by atoms with van der Waals surface area (Å²) in [5.74, 6) is 0.196. The highest BCUT2D eigenvalue weighted by Crippen LogP contribution is 2.26. The van der Waals surface area contributed by atoms with E-state index >= 15 is 0 Å². The van der Waals surface area contributed by atoms with Gasteiger partial charge in [0.25, 0.3) is 5.89 Å². The van der Waals surface area contributed by atoms with Crippen LogP contribution in [-0.4, -0.2) is 19.7 Å². The SMILES string of the molecule is CCCn1cnc2cc(-c3noc(-c4ccccc4F)n3)ccc21. The highest BCUT2D eigenvalue weighted by molar-refractivity contribution is 5.80. The highest BCUT2D eigenvalue weighted by Gasteiger charge is 2.14. The standard InChI is InChI=1S/C18H15FN4O/c1-2-9-23-11-20-15-10-12(7-8-16(15)23)17-21-18(24-22-17)13-5-3-4-6-14(13)19/h3-8,10-11H,2,9H2,1H3. The smallest absolute Gasteiger partial charge is 0.261 e. The Labute approximate surface area is 137 Å². The van der Waals surface area contributed by atoms with Crippen LogP contribution in [0.15, 0.2) is 53.3 Å². The van der Waals surface area contributed by atoms with Gasteiger partial charge in [-0.25, -0.2) is 9.37 Å². The molecule has 0 unspecified atom stereocenters. The van der Waals surface area contributed by atoms with Gasteiger partial charge >= 0.3 is 0 Å². The van der Waals surface area contributed by atoms with E-state index in [2.05, 4.69) is 26.6 Å². The molecular weight excluding hydrogens is 307 g/mol. The molecule has 4 rings (SSSR count). The molecule has 0 aliphatic heterocycles. The number of nitrogens with zero attached hydrogens (tertiary/aromatic N) is 4. The lowest BCUT2D eigenvalue weighted by Gasteiger charge is -2.01. The second kappa shape index (κ2) is 5.88. The Morgan fingerprint density at radius 2 is 2.04 bits per heavy atom. The van der Waals surface area contributed by atoms with Gasteiger partial charge in [0, 0.05) is 12.1 Å². The number of benzene rings is 2. The molecule has 0 bridgehead atoms. The predicted molar refractivity (Wildman–Crippen MR) is 88.7 cm³/mol. The van der Waals surface area contributed by atoms with Gasteiger partial charge in [0.15, 0.2) is 0 Å². The van der Waals surface area contributed by atoms with Gasteiger partial charge in [-0.15, -0.1) is 0 Å². The van der Waals surface area contributed by atoms with Crippen LogP contribution >= 0.6 is 0 Å². The molecule has 0 atom stereocenters. The minimum absolute atomic E-state index is 0.166. The summed E-state index contributed by atoms with van der Waals surface area (Å²) < 4.78 is 21.2. The summed E-state index contributed by atoms with van der Waals surface area (Å²) >= 11 is 0. The topological polar surface area (TPSA) is 56.7 Å². The molecule has 0 amide bonds. The fraction of sp³-hybridized carbons (Fsp3) is 0.167. The summed E-state index contributed by atoms with van der Waals surface area (Å²) in [5, 5.41) is 3.97. The van der Waals surface area contributed by atoms with Crippen molar-refractivity contribution in [1.82, 2.24) is 19.7 Å². The maximum atomic E-state index is 13.8. The first kappa shape index (κ1) is 14.6. The number of rotatable bonds is 4. The van der Waals surface area contributed by atoms with Crippen LogP contribution in [-0.2, 0) is 6.54 Å². The average molecular weight is 322 g/mol. The fourth-order valence-electron chi connectivity index (χ4n) is 2.71. The molecule has 6 heteroatoms. The third-order valence-electron chi connectivity index (χ3n) is 3.87. The van der Waals surface area contributed by atoms with E-state index in [1.54, 1.807) is 18.2 Å². The van der Waals surface area contributed by atoms with Crippen molar-refractivity contribution in [2.45, 2.75) is 19.9 Å². The van der Waals surface area contributed by atoms with Crippen molar-refractivity contribution in [2.24, 2.45) is 0 Å². The lowest BCUT2D eigenvalue weighted by molar-refractivity contribution is 0.429. The maximum Gasteiger partial charge on any atom is 0.261 e. The Morgan fingerprint density at radius 1 is 1.17 bits per heavy atom. The summed E-state index contributed by atoms with van der Waals surface area (Å²) in [4.78, 5) is 8.73. The third kappa shape index (κ3) is 2.46. The molecule has 0 saturated carbocycles. The van der Waals surface area contributed by atoms with Crippen LogP contribution in [0.2, 0.25) is 0 Å². The van der Waals surface area contributed by atoms with Crippen LogP contribution in [0, 0.1) is 5.82 Å². The Hall–Kier alpha value is -3.02. The number of fused-ring (bicyclic) bond motifs is 1. The van der Waals surface area contributed by atoms with Crippen molar-refractivity contribution < 1.29 is 8.91 Å². The van der Waals surface area contributed by atoms with Gasteiger partial charge < -0.3 is 9.09 Å². The zero-order valence-electron chi connectivity index (χ0n) is 13.1. The quantitative estimate of drug-likeness (QED) is 0.562. The highest BCUT2D eigenvalue weighted by atomic mass is 19.1. The molecule has 2 aromatic carbocycles. The minimum atomic E-state index is -0.388. The molecule has 0 spiro atoms.